The van der Waals surface area contributed by atoms with Crippen LogP contribution in [0, 0.1) is 17.8 Å². The van der Waals surface area contributed by atoms with E-state index in [-0.39, 0.29) is 5.43 Å². The molecule has 4 nitrogen and oxygen atoms in total. The second-order valence-corrected chi connectivity index (χ2v) is 10.1. The van der Waals surface area contributed by atoms with Crippen LogP contribution in [0.4, 0.5) is 0 Å². The molecule has 1 saturated carbocycles. The van der Waals surface area contributed by atoms with Gasteiger partial charge in [0.2, 0.25) is 0 Å². The van der Waals surface area contributed by atoms with Crippen LogP contribution in [0.25, 0.3) is 10.9 Å². The Morgan fingerprint density at radius 2 is 2.04 bits per heavy atom. The highest BCUT2D eigenvalue weighted by atomic mass is 35.5. The van der Waals surface area contributed by atoms with E-state index < -0.39 is 0 Å². The van der Waals surface area contributed by atoms with Crippen LogP contribution in [0.15, 0.2) is 16.9 Å². The zero-order valence-corrected chi connectivity index (χ0v) is 17.7. The fourth-order valence-electron chi connectivity index (χ4n) is 5.81. The summed E-state index contributed by atoms with van der Waals surface area (Å²) in [7, 11) is 1.61. The number of rotatable bonds is 3. The maximum absolute atomic E-state index is 13.3. The third kappa shape index (κ3) is 3.17. The standard InChI is InChI=1S/C22H29ClN2O2/c1-13-15(10-25-12-22(4)9-14(25)8-21(2,3)11-22)20(26)18-16(23)6-7-17(27-5)19(18)24-13/h6-7,14H,8-12H2,1-5H3,(H,24,26). The van der Waals surface area contributed by atoms with E-state index in [1.54, 1.807) is 19.2 Å². The fraction of sp³-hybridized carbons (Fsp3) is 0.591. The van der Waals surface area contributed by atoms with Gasteiger partial charge in [-0.2, -0.15) is 0 Å². The number of aromatic amines is 1. The number of pyridine rings is 1. The van der Waals surface area contributed by atoms with Gasteiger partial charge in [0, 0.05) is 30.4 Å². The van der Waals surface area contributed by atoms with Crippen molar-refractivity contribution in [1.82, 2.24) is 9.88 Å². The van der Waals surface area contributed by atoms with Gasteiger partial charge in [0.1, 0.15) is 5.75 Å². The van der Waals surface area contributed by atoms with Gasteiger partial charge in [-0.1, -0.05) is 32.4 Å². The van der Waals surface area contributed by atoms with Crippen molar-refractivity contribution < 1.29 is 4.74 Å². The van der Waals surface area contributed by atoms with Gasteiger partial charge in [-0.3, -0.25) is 9.69 Å². The number of hydrogen-bond donors (Lipinski definition) is 1. The Balaban J connectivity index is 1.76. The molecular formula is C22H29ClN2O2. The van der Waals surface area contributed by atoms with E-state index in [1.807, 2.05) is 6.92 Å². The first-order valence-corrected chi connectivity index (χ1v) is 10.1. The highest BCUT2D eigenvalue weighted by molar-refractivity contribution is 6.35. The molecule has 2 aromatic rings. The lowest BCUT2D eigenvalue weighted by Gasteiger charge is -2.40. The number of hydrogen-bond acceptors (Lipinski definition) is 3. The predicted molar refractivity (Wildman–Crippen MR) is 111 cm³/mol. The maximum Gasteiger partial charge on any atom is 0.195 e. The lowest BCUT2D eigenvalue weighted by atomic mass is 9.65. The summed E-state index contributed by atoms with van der Waals surface area (Å²) in [6.07, 6.45) is 3.68. The number of ether oxygens (including phenoxy) is 1. The Labute approximate surface area is 165 Å². The first-order valence-electron chi connectivity index (χ1n) is 9.74. The number of nitrogens with one attached hydrogen (secondary N) is 1. The molecule has 2 fully saturated rings. The van der Waals surface area contributed by atoms with E-state index in [1.165, 1.54) is 19.3 Å². The number of benzene rings is 1. The number of aromatic nitrogens is 1. The molecule has 2 aliphatic rings. The molecule has 1 aliphatic heterocycles. The van der Waals surface area contributed by atoms with Gasteiger partial charge in [-0.05, 0) is 49.1 Å². The Hall–Kier alpha value is -1.52. The molecule has 1 aromatic heterocycles. The van der Waals surface area contributed by atoms with Crippen molar-refractivity contribution in [3.05, 3.63) is 38.6 Å². The summed E-state index contributed by atoms with van der Waals surface area (Å²) < 4.78 is 5.42. The van der Waals surface area contributed by atoms with Crippen LogP contribution in [0.3, 0.4) is 0 Å². The number of likely N-dealkylation sites (tertiary alicyclic amines) is 1. The topological polar surface area (TPSA) is 45.3 Å². The third-order valence-corrected chi connectivity index (χ3v) is 6.80. The largest absolute Gasteiger partial charge is 0.495 e. The molecular weight excluding hydrogens is 360 g/mol. The van der Waals surface area contributed by atoms with E-state index in [0.717, 1.165) is 17.8 Å². The predicted octanol–water partition coefficient (Wildman–Crippen LogP) is 4.90. The monoisotopic (exact) mass is 388 g/mol. The molecule has 146 valence electrons. The summed E-state index contributed by atoms with van der Waals surface area (Å²) in [5.41, 5.74) is 3.16. The van der Waals surface area contributed by atoms with Gasteiger partial charge in [0.15, 0.2) is 5.43 Å². The Morgan fingerprint density at radius 1 is 1.30 bits per heavy atom. The number of halogens is 1. The number of H-pyrrole nitrogens is 1. The summed E-state index contributed by atoms with van der Waals surface area (Å²) in [4.78, 5) is 19.2. The SMILES string of the molecule is COc1ccc(Cl)c2c(=O)c(CN3CC4(C)CC3CC(C)(C)C4)c(C)[nH]c12. The first kappa shape index (κ1) is 18.8. The van der Waals surface area contributed by atoms with Crippen molar-refractivity contribution in [1.29, 1.82) is 0 Å². The van der Waals surface area contributed by atoms with Gasteiger partial charge in [-0.25, -0.2) is 0 Å². The molecule has 1 aromatic carbocycles. The second kappa shape index (κ2) is 6.25. The van der Waals surface area contributed by atoms with Crippen molar-refractivity contribution in [2.24, 2.45) is 10.8 Å². The van der Waals surface area contributed by atoms with E-state index >= 15 is 0 Å². The highest BCUT2D eigenvalue weighted by Crippen LogP contribution is 2.52. The normalized spacial score (nSPS) is 27.3. The van der Waals surface area contributed by atoms with Crippen LogP contribution < -0.4 is 10.2 Å². The minimum Gasteiger partial charge on any atom is -0.495 e. The number of methoxy groups -OCH3 is 1. The third-order valence-electron chi connectivity index (χ3n) is 6.49. The van der Waals surface area contributed by atoms with Gasteiger partial charge < -0.3 is 9.72 Å². The van der Waals surface area contributed by atoms with Gasteiger partial charge in [-0.15, -0.1) is 0 Å². The van der Waals surface area contributed by atoms with Crippen LogP contribution in [-0.4, -0.2) is 29.6 Å². The van der Waals surface area contributed by atoms with Gasteiger partial charge >= 0.3 is 0 Å². The quantitative estimate of drug-likeness (QED) is 0.813. The molecule has 2 atom stereocenters. The van der Waals surface area contributed by atoms with Crippen LogP contribution >= 0.6 is 11.6 Å². The molecule has 5 heteroatoms. The van der Waals surface area contributed by atoms with Crippen molar-refractivity contribution in [2.75, 3.05) is 13.7 Å². The lowest BCUT2D eigenvalue weighted by Crippen LogP contribution is -2.35. The lowest BCUT2D eigenvalue weighted by molar-refractivity contribution is 0.126. The Bertz CT molecular complexity index is 965. The molecule has 1 aliphatic carbocycles. The smallest absolute Gasteiger partial charge is 0.195 e. The van der Waals surface area contributed by atoms with Gasteiger partial charge in [0.25, 0.3) is 0 Å². The fourth-order valence-corrected chi connectivity index (χ4v) is 6.06. The number of nitrogens with zero attached hydrogens (tertiary/aromatic N) is 1. The molecule has 0 radical (unpaired) electrons. The zero-order chi connectivity index (χ0) is 19.6. The zero-order valence-electron chi connectivity index (χ0n) is 16.9. The molecule has 0 spiro atoms. The summed E-state index contributed by atoms with van der Waals surface area (Å²) in [5.74, 6) is 0.646. The molecule has 2 unspecified atom stereocenters. The molecule has 1 N–H and O–H groups in total. The first-order chi connectivity index (χ1) is 12.6. The van der Waals surface area contributed by atoms with E-state index in [0.29, 0.717) is 45.1 Å². The van der Waals surface area contributed by atoms with Crippen molar-refractivity contribution >= 4 is 22.5 Å². The number of aryl methyl sites for hydroxylation is 1. The Kier molecular flexibility index (Phi) is 4.36. The van der Waals surface area contributed by atoms with Crippen LogP contribution in [0.2, 0.25) is 5.02 Å². The molecule has 2 heterocycles. The summed E-state index contributed by atoms with van der Waals surface area (Å²) >= 11 is 6.39. The van der Waals surface area contributed by atoms with Gasteiger partial charge in [0.05, 0.1) is 23.0 Å². The summed E-state index contributed by atoms with van der Waals surface area (Å²) in [6, 6.07) is 4.09. The van der Waals surface area contributed by atoms with Crippen molar-refractivity contribution in [2.45, 2.75) is 59.5 Å². The van der Waals surface area contributed by atoms with E-state index in [4.69, 9.17) is 16.3 Å². The second-order valence-electron chi connectivity index (χ2n) is 9.68. The number of fused-ring (bicyclic) bond motifs is 3. The van der Waals surface area contributed by atoms with E-state index in [9.17, 15) is 4.79 Å². The minimum absolute atomic E-state index is 0.0241. The summed E-state index contributed by atoms with van der Waals surface area (Å²) in [5, 5.41) is 1.01. The average Bonchev–Trinajstić information content (AvgIpc) is 2.79. The van der Waals surface area contributed by atoms with Crippen LogP contribution in [0.1, 0.15) is 51.3 Å². The molecule has 0 amide bonds. The van der Waals surface area contributed by atoms with E-state index in [2.05, 4.69) is 30.7 Å². The molecule has 4 rings (SSSR count). The molecule has 2 bridgehead atoms. The summed E-state index contributed by atoms with van der Waals surface area (Å²) in [6.45, 7) is 10.9. The molecule has 1 saturated heterocycles. The Morgan fingerprint density at radius 3 is 2.74 bits per heavy atom. The molecule has 27 heavy (non-hydrogen) atoms. The maximum atomic E-state index is 13.3. The van der Waals surface area contributed by atoms with Crippen LogP contribution in [0.5, 0.6) is 5.75 Å². The average molecular weight is 389 g/mol. The van der Waals surface area contributed by atoms with Crippen LogP contribution in [-0.2, 0) is 6.54 Å². The van der Waals surface area contributed by atoms with Crippen molar-refractivity contribution in [3.63, 3.8) is 0 Å². The van der Waals surface area contributed by atoms with Crippen molar-refractivity contribution in [3.8, 4) is 5.75 Å². The highest BCUT2D eigenvalue weighted by Gasteiger charge is 2.49. The minimum atomic E-state index is 0.0241.